The molecular weight excluding hydrogens is 321 g/mol. The van der Waals surface area contributed by atoms with Crippen LogP contribution < -0.4 is 0 Å². The zero-order valence-electron chi connectivity index (χ0n) is 10.4. The molecule has 4 heteroatoms. The Morgan fingerprint density at radius 2 is 1.85 bits per heavy atom. The topological polar surface area (TPSA) is 33.1 Å². The average molecular weight is 332 g/mol. The Bertz CT molecular complexity index is 775. The highest BCUT2D eigenvalue weighted by Gasteiger charge is 2.16. The van der Waals surface area contributed by atoms with Gasteiger partial charge in [0, 0.05) is 9.86 Å². The predicted molar refractivity (Wildman–Crippen MR) is 79.9 cm³/mol. The fourth-order valence-corrected chi connectivity index (χ4v) is 2.68. The van der Waals surface area contributed by atoms with Crippen LogP contribution in [0.2, 0.25) is 0 Å². The third-order valence-electron chi connectivity index (χ3n) is 3.13. The van der Waals surface area contributed by atoms with E-state index in [0.29, 0.717) is 15.7 Å². The number of fused-ring (bicyclic) bond motifs is 1. The second kappa shape index (κ2) is 5.31. The summed E-state index contributed by atoms with van der Waals surface area (Å²) >= 11 is 3.42. The van der Waals surface area contributed by atoms with E-state index >= 15 is 0 Å². The molecule has 1 unspecified atom stereocenters. The third kappa shape index (κ3) is 2.44. The molecule has 1 N–H and O–H groups in total. The summed E-state index contributed by atoms with van der Waals surface area (Å²) < 4.78 is 14.0. The van der Waals surface area contributed by atoms with Crippen LogP contribution in [0.4, 0.5) is 4.39 Å². The van der Waals surface area contributed by atoms with E-state index in [1.165, 1.54) is 12.1 Å². The Morgan fingerprint density at radius 3 is 2.65 bits per heavy atom. The van der Waals surface area contributed by atoms with Crippen LogP contribution >= 0.6 is 15.9 Å². The van der Waals surface area contributed by atoms with Crippen LogP contribution in [-0.2, 0) is 0 Å². The van der Waals surface area contributed by atoms with Gasteiger partial charge in [0.15, 0.2) is 0 Å². The molecule has 0 fully saturated rings. The SMILES string of the molecule is OC(c1cccc(F)c1)c1nc2ccccc2cc1Br. The van der Waals surface area contributed by atoms with Gasteiger partial charge >= 0.3 is 0 Å². The van der Waals surface area contributed by atoms with E-state index < -0.39 is 6.10 Å². The summed E-state index contributed by atoms with van der Waals surface area (Å²) in [5.41, 5.74) is 1.75. The zero-order chi connectivity index (χ0) is 14.1. The number of rotatable bonds is 2. The van der Waals surface area contributed by atoms with E-state index in [9.17, 15) is 9.50 Å². The first-order chi connectivity index (χ1) is 9.65. The summed E-state index contributed by atoms with van der Waals surface area (Å²) in [6.07, 6.45) is -0.968. The molecule has 1 atom stereocenters. The standard InChI is InChI=1S/C16H11BrFNO/c17-13-9-10-4-1-2-7-14(10)19-15(13)16(20)11-5-3-6-12(18)8-11/h1-9,16,20H. The van der Waals surface area contributed by atoms with Crippen molar-refractivity contribution in [1.29, 1.82) is 0 Å². The average Bonchev–Trinajstić information content (AvgIpc) is 2.46. The lowest BCUT2D eigenvalue weighted by molar-refractivity contribution is 0.214. The summed E-state index contributed by atoms with van der Waals surface area (Å²) in [5, 5.41) is 11.4. The molecule has 20 heavy (non-hydrogen) atoms. The lowest BCUT2D eigenvalue weighted by atomic mass is 10.0. The molecule has 0 amide bonds. The molecule has 2 nitrogen and oxygen atoms in total. The molecule has 0 saturated heterocycles. The molecule has 0 spiro atoms. The van der Waals surface area contributed by atoms with Crippen molar-refractivity contribution in [3.63, 3.8) is 0 Å². The van der Waals surface area contributed by atoms with E-state index in [1.807, 2.05) is 30.3 Å². The van der Waals surface area contributed by atoms with Crippen LogP contribution in [0.25, 0.3) is 10.9 Å². The van der Waals surface area contributed by atoms with Crippen LogP contribution in [-0.4, -0.2) is 10.1 Å². The van der Waals surface area contributed by atoms with Gasteiger partial charge in [0.2, 0.25) is 0 Å². The molecule has 100 valence electrons. The number of pyridine rings is 1. The van der Waals surface area contributed by atoms with Crippen molar-refractivity contribution in [2.24, 2.45) is 0 Å². The minimum absolute atomic E-state index is 0.376. The summed E-state index contributed by atoms with van der Waals surface area (Å²) in [6.45, 7) is 0. The Kier molecular flexibility index (Phi) is 3.51. The van der Waals surface area contributed by atoms with Gasteiger partial charge in [-0.05, 0) is 45.8 Å². The Balaban J connectivity index is 2.11. The molecule has 0 radical (unpaired) electrons. The van der Waals surface area contributed by atoms with Crippen LogP contribution in [0.5, 0.6) is 0 Å². The monoisotopic (exact) mass is 331 g/mol. The minimum Gasteiger partial charge on any atom is -0.382 e. The maximum Gasteiger partial charge on any atom is 0.123 e. The molecule has 0 aliphatic rings. The number of aliphatic hydroxyl groups excluding tert-OH is 1. The molecule has 3 rings (SSSR count). The third-order valence-corrected chi connectivity index (χ3v) is 3.76. The van der Waals surface area contributed by atoms with E-state index in [2.05, 4.69) is 20.9 Å². The number of para-hydroxylation sites is 1. The van der Waals surface area contributed by atoms with Gasteiger partial charge in [-0.1, -0.05) is 30.3 Å². The largest absolute Gasteiger partial charge is 0.382 e. The molecule has 1 heterocycles. The molecule has 0 saturated carbocycles. The molecule has 3 aromatic rings. The summed E-state index contributed by atoms with van der Waals surface area (Å²) in [5.74, 6) is -0.376. The number of halogens is 2. The Morgan fingerprint density at radius 1 is 1.05 bits per heavy atom. The maximum absolute atomic E-state index is 13.3. The van der Waals surface area contributed by atoms with Crippen LogP contribution in [0, 0.1) is 5.82 Å². The molecule has 2 aromatic carbocycles. The van der Waals surface area contributed by atoms with Crippen molar-refractivity contribution in [1.82, 2.24) is 4.98 Å². The predicted octanol–water partition coefficient (Wildman–Crippen LogP) is 4.22. The first-order valence-electron chi connectivity index (χ1n) is 6.14. The normalized spacial score (nSPS) is 12.6. The van der Waals surface area contributed by atoms with E-state index in [-0.39, 0.29) is 5.82 Å². The van der Waals surface area contributed by atoms with Gasteiger partial charge in [-0.2, -0.15) is 0 Å². The van der Waals surface area contributed by atoms with Gasteiger partial charge in [0.1, 0.15) is 11.9 Å². The van der Waals surface area contributed by atoms with Crippen LogP contribution in [0.3, 0.4) is 0 Å². The second-order valence-corrected chi connectivity index (χ2v) is 5.36. The number of hydrogen-bond acceptors (Lipinski definition) is 2. The molecule has 1 aromatic heterocycles. The summed E-state index contributed by atoms with van der Waals surface area (Å²) in [7, 11) is 0. The summed E-state index contributed by atoms with van der Waals surface area (Å²) in [4.78, 5) is 4.46. The Hall–Kier alpha value is -1.78. The maximum atomic E-state index is 13.3. The van der Waals surface area contributed by atoms with E-state index in [4.69, 9.17) is 0 Å². The van der Waals surface area contributed by atoms with Crippen LogP contribution in [0.15, 0.2) is 59.1 Å². The zero-order valence-corrected chi connectivity index (χ0v) is 12.0. The number of hydrogen-bond donors (Lipinski definition) is 1. The number of nitrogens with zero attached hydrogens (tertiary/aromatic N) is 1. The first-order valence-corrected chi connectivity index (χ1v) is 6.93. The van der Waals surface area contributed by atoms with Crippen LogP contribution in [0.1, 0.15) is 17.4 Å². The Labute approximate surface area is 124 Å². The second-order valence-electron chi connectivity index (χ2n) is 4.51. The fraction of sp³-hybridized carbons (Fsp3) is 0.0625. The molecule has 0 aliphatic carbocycles. The summed E-state index contributed by atoms with van der Waals surface area (Å²) in [6, 6.07) is 15.5. The smallest absolute Gasteiger partial charge is 0.123 e. The highest BCUT2D eigenvalue weighted by atomic mass is 79.9. The fourth-order valence-electron chi connectivity index (χ4n) is 2.13. The van der Waals surface area contributed by atoms with Gasteiger partial charge in [-0.15, -0.1) is 0 Å². The number of benzene rings is 2. The van der Waals surface area contributed by atoms with Crippen molar-refractivity contribution in [3.05, 3.63) is 76.1 Å². The molecular formula is C16H11BrFNO. The lowest BCUT2D eigenvalue weighted by Gasteiger charge is -2.13. The van der Waals surface area contributed by atoms with Crippen molar-refractivity contribution < 1.29 is 9.50 Å². The quantitative estimate of drug-likeness (QED) is 0.762. The van der Waals surface area contributed by atoms with Crippen molar-refractivity contribution in [2.45, 2.75) is 6.10 Å². The van der Waals surface area contributed by atoms with Gasteiger partial charge in [-0.25, -0.2) is 9.37 Å². The number of aromatic nitrogens is 1. The highest BCUT2D eigenvalue weighted by molar-refractivity contribution is 9.10. The number of aliphatic hydroxyl groups is 1. The van der Waals surface area contributed by atoms with E-state index in [0.717, 1.165) is 10.9 Å². The van der Waals surface area contributed by atoms with E-state index in [1.54, 1.807) is 12.1 Å². The molecule has 0 aliphatic heterocycles. The van der Waals surface area contributed by atoms with Gasteiger partial charge in [-0.3, -0.25) is 0 Å². The van der Waals surface area contributed by atoms with Crippen molar-refractivity contribution >= 4 is 26.8 Å². The first kappa shape index (κ1) is 13.2. The van der Waals surface area contributed by atoms with Gasteiger partial charge in [0.25, 0.3) is 0 Å². The van der Waals surface area contributed by atoms with Gasteiger partial charge in [0.05, 0.1) is 11.2 Å². The minimum atomic E-state index is -0.968. The highest BCUT2D eigenvalue weighted by Crippen LogP contribution is 2.29. The van der Waals surface area contributed by atoms with Gasteiger partial charge < -0.3 is 5.11 Å². The van der Waals surface area contributed by atoms with Crippen molar-refractivity contribution in [3.8, 4) is 0 Å². The molecule has 0 bridgehead atoms. The van der Waals surface area contributed by atoms with Crippen molar-refractivity contribution in [2.75, 3.05) is 0 Å². The lowest BCUT2D eigenvalue weighted by Crippen LogP contribution is -2.04.